The van der Waals surface area contributed by atoms with E-state index in [0.29, 0.717) is 6.04 Å². The molecule has 15 heavy (non-hydrogen) atoms. The van der Waals surface area contributed by atoms with Crippen LogP contribution in [0.3, 0.4) is 0 Å². The van der Waals surface area contributed by atoms with Gasteiger partial charge in [0.05, 0.1) is 5.69 Å². The summed E-state index contributed by atoms with van der Waals surface area (Å²) in [5.74, 6) is 3.30. The summed E-state index contributed by atoms with van der Waals surface area (Å²) in [4.78, 5) is 4.29. The van der Waals surface area contributed by atoms with Crippen molar-refractivity contribution < 1.29 is 0 Å². The zero-order valence-corrected chi connectivity index (χ0v) is 9.81. The lowest BCUT2D eigenvalue weighted by Gasteiger charge is -2.23. The number of anilines is 2. The Morgan fingerprint density at radius 1 is 1.60 bits per heavy atom. The van der Waals surface area contributed by atoms with E-state index in [1.807, 2.05) is 30.9 Å². The number of thioether (sulfide) groups is 1. The highest BCUT2D eigenvalue weighted by Gasteiger charge is 2.15. The second-order valence-electron chi connectivity index (χ2n) is 3.95. The minimum absolute atomic E-state index is 0.528. The van der Waals surface area contributed by atoms with Crippen LogP contribution in [0.25, 0.3) is 0 Å². The first kappa shape index (κ1) is 10.6. The Morgan fingerprint density at radius 3 is 3.20 bits per heavy atom. The maximum absolute atomic E-state index is 5.97. The van der Waals surface area contributed by atoms with E-state index in [-0.39, 0.29) is 0 Å². The third kappa shape index (κ3) is 2.56. The van der Waals surface area contributed by atoms with Crippen molar-refractivity contribution in [2.75, 3.05) is 22.6 Å². The molecule has 1 unspecified atom stereocenters. The van der Waals surface area contributed by atoms with Crippen molar-refractivity contribution in [3.63, 3.8) is 0 Å². The van der Waals surface area contributed by atoms with Gasteiger partial charge in [0.1, 0.15) is 5.82 Å². The fourth-order valence-electron chi connectivity index (χ4n) is 1.73. The van der Waals surface area contributed by atoms with Gasteiger partial charge in [-0.2, -0.15) is 11.8 Å². The number of rotatable bonds is 2. The molecule has 3 nitrogen and oxygen atoms in total. The van der Waals surface area contributed by atoms with Crippen LogP contribution in [0.4, 0.5) is 11.5 Å². The number of nitrogens with two attached hydrogens (primary N) is 1. The smallest absolute Gasteiger partial charge is 0.149 e. The predicted molar refractivity (Wildman–Crippen MR) is 67.4 cm³/mol. The number of nitrogen functional groups attached to an aromatic ring is 1. The number of pyridine rings is 1. The second-order valence-corrected chi connectivity index (χ2v) is 5.10. The quantitative estimate of drug-likeness (QED) is 0.807. The minimum Gasteiger partial charge on any atom is -0.396 e. The van der Waals surface area contributed by atoms with E-state index in [0.717, 1.165) is 22.8 Å². The van der Waals surface area contributed by atoms with Crippen LogP contribution in [0.2, 0.25) is 0 Å². The number of hydrogen-bond acceptors (Lipinski definition) is 4. The highest BCUT2D eigenvalue weighted by atomic mass is 32.2. The highest BCUT2D eigenvalue weighted by Crippen LogP contribution is 2.24. The zero-order valence-electron chi connectivity index (χ0n) is 8.99. The van der Waals surface area contributed by atoms with Crippen LogP contribution in [0.1, 0.15) is 18.4 Å². The first-order valence-electron chi connectivity index (χ1n) is 5.33. The Morgan fingerprint density at radius 2 is 2.47 bits per heavy atom. The van der Waals surface area contributed by atoms with Crippen molar-refractivity contribution in [2.24, 2.45) is 0 Å². The largest absolute Gasteiger partial charge is 0.396 e. The fourth-order valence-corrected chi connectivity index (χ4v) is 2.80. The molecule has 2 rings (SSSR count). The Kier molecular flexibility index (Phi) is 3.36. The van der Waals surface area contributed by atoms with Crippen LogP contribution in [0.15, 0.2) is 12.3 Å². The first-order valence-corrected chi connectivity index (χ1v) is 6.48. The summed E-state index contributed by atoms with van der Waals surface area (Å²) < 4.78 is 0. The number of hydrogen-bond donors (Lipinski definition) is 2. The topological polar surface area (TPSA) is 50.9 Å². The van der Waals surface area contributed by atoms with Gasteiger partial charge in [-0.25, -0.2) is 4.98 Å². The Bertz CT molecular complexity index is 335. The lowest BCUT2D eigenvalue weighted by molar-refractivity contribution is 0.682. The van der Waals surface area contributed by atoms with Crippen molar-refractivity contribution in [3.05, 3.63) is 17.8 Å². The van der Waals surface area contributed by atoms with Gasteiger partial charge < -0.3 is 11.1 Å². The number of nitrogens with zero attached hydrogens (tertiary/aromatic N) is 1. The highest BCUT2D eigenvalue weighted by molar-refractivity contribution is 7.99. The van der Waals surface area contributed by atoms with Gasteiger partial charge in [-0.05, 0) is 37.1 Å². The molecule has 0 bridgehead atoms. The Balaban J connectivity index is 2.06. The number of aryl methyl sites for hydroxylation is 1. The van der Waals surface area contributed by atoms with E-state index < -0.39 is 0 Å². The maximum atomic E-state index is 5.97. The molecular formula is C11H17N3S. The predicted octanol–water partition coefficient (Wildman–Crippen LogP) is 2.28. The molecule has 1 aromatic rings. The zero-order chi connectivity index (χ0) is 10.7. The van der Waals surface area contributed by atoms with Gasteiger partial charge in [0.2, 0.25) is 0 Å². The van der Waals surface area contributed by atoms with Crippen LogP contribution < -0.4 is 11.1 Å². The van der Waals surface area contributed by atoms with Gasteiger partial charge in [0.25, 0.3) is 0 Å². The molecular weight excluding hydrogens is 206 g/mol. The number of nitrogens with one attached hydrogen (secondary N) is 1. The average Bonchev–Trinajstić information content (AvgIpc) is 2.26. The summed E-state index contributed by atoms with van der Waals surface area (Å²) in [6.45, 7) is 2.01. The molecule has 1 saturated heterocycles. The van der Waals surface area contributed by atoms with E-state index in [1.165, 1.54) is 18.6 Å². The monoisotopic (exact) mass is 223 g/mol. The van der Waals surface area contributed by atoms with Crippen LogP contribution in [-0.2, 0) is 0 Å². The molecule has 1 atom stereocenters. The van der Waals surface area contributed by atoms with Gasteiger partial charge in [0.15, 0.2) is 0 Å². The van der Waals surface area contributed by atoms with Crippen LogP contribution in [0, 0.1) is 6.92 Å². The Hall–Kier alpha value is -0.900. The molecule has 0 aliphatic carbocycles. The van der Waals surface area contributed by atoms with E-state index in [2.05, 4.69) is 10.3 Å². The summed E-state index contributed by atoms with van der Waals surface area (Å²) in [5.41, 5.74) is 7.85. The minimum atomic E-state index is 0.528. The van der Waals surface area contributed by atoms with Gasteiger partial charge in [-0.1, -0.05) is 0 Å². The fraction of sp³-hybridized carbons (Fsp3) is 0.545. The molecule has 0 spiro atoms. The van der Waals surface area contributed by atoms with Gasteiger partial charge in [-0.3, -0.25) is 0 Å². The molecule has 4 heteroatoms. The van der Waals surface area contributed by atoms with Crippen molar-refractivity contribution in [1.29, 1.82) is 0 Å². The molecule has 82 valence electrons. The lowest BCUT2D eigenvalue weighted by Crippen LogP contribution is -2.26. The van der Waals surface area contributed by atoms with Crippen LogP contribution >= 0.6 is 11.8 Å². The molecule has 3 N–H and O–H groups in total. The second kappa shape index (κ2) is 4.75. The summed E-state index contributed by atoms with van der Waals surface area (Å²) >= 11 is 2.00. The van der Waals surface area contributed by atoms with Crippen molar-refractivity contribution in [3.8, 4) is 0 Å². The molecule has 1 fully saturated rings. The van der Waals surface area contributed by atoms with Crippen molar-refractivity contribution in [2.45, 2.75) is 25.8 Å². The van der Waals surface area contributed by atoms with Gasteiger partial charge >= 0.3 is 0 Å². The lowest BCUT2D eigenvalue weighted by atomic mass is 10.1. The van der Waals surface area contributed by atoms with Gasteiger partial charge in [-0.15, -0.1) is 0 Å². The molecule has 1 aliphatic rings. The molecule has 2 heterocycles. The molecule has 1 aromatic heterocycles. The summed E-state index contributed by atoms with van der Waals surface area (Å²) in [7, 11) is 0. The van der Waals surface area contributed by atoms with E-state index >= 15 is 0 Å². The standard InChI is InChI=1S/C11H17N3S/c1-8-4-5-13-11(10(8)12)14-9-3-2-6-15-7-9/h4-5,9H,2-3,6-7,12H2,1H3,(H,13,14). The SMILES string of the molecule is Cc1ccnc(NC2CCCSC2)c1N. The van der Waals surface area contributed by atoms with Crippen LogP contribution in [0.5, 0.6) is 0 Å². The average molecular weight is 223 g/mol. The molecule has 0 amide bonds. The summed E-state index contributed by atoms with van der Waals surface area (Å²) in [5, 5.41) is 3.43. The number of aromatic nitrogens is 1. The third-order valence-corrected chi connectivity index (χ3v) is 3.92. The van der Waals surface area contributed by atoms with E-state index in [1.54, 1.807) is 0 Å². The van der Waals surface area contributed by atoms with Crippen molar-refractivity contribution >= 4 is 23.3 Å². The summed E-state index contributed by atoms with van der Waals surface area (Å²) in [6, 6.07) is 2.47. The van der Waals surface area contributed by atoms with E-state index in [4.69, 9.17) is 5.73 Å². The maximum Gasteiger partial charge on any atom is 0.149 e. The van der Waals surface area contributed by atoms with Gasteiger partial charge in [0, 0.05) is 18.0 Å². The molecule has 0 aromatic carbocycles. The van der Waals surface area contributed by atoms with Crippen LogP contribution in [-0.4, -0.2) is 22.5 Å². The molecule has 1 aliphatic heterocycles. The summed E-state index contributed by atoms with van der Waals surface area (Å²) in [6.07, 6.45) is 4.32. The normalized spacial score (nSPS) is 21.3. The third-order valence-electron chi connectivity index (χ3n) is 2.71. The van der Waals surface area contributed by atoms with Crippen molar-refractivity contribution in [1.82, 2.24) is 4.98 Å². The molecule has 0 radical (unpaired) electrons. The molecule has 0 saturated carbocycles. The van der Waals surface area contributed by atoms with E-state index in [9.17, 15) is 0 Å². The first-order chi connectivity index (χ1) is 7.27. The Labute approximate surface area is 94.8 Å².